The van der Waals surface area contributed by atoms with Gasteiger partial charge in [-0.1, -0.05) is 42.5 Å². The van der Waals surface area contributed by atoms with E-state index in [4.69, 9.17) is 0 Å². The number of carbonyl (C=O) groups excluding carboxylic acids is 1. The molecule has 2 aliphatic rings. The second kappa shape index (κ2) is 8.86. The van der Waals surface area contributed by atoms with Crippen LogP contribution in [0, 0.1) is 0 Å². The van der Waals surface area contributed by atoms with Crippen LogP contribution in [0.25, 0.3) is 0 Å². The van der Waals surface area contributed by atoms with Crippen LogP contribution in [0.2, 0.25) is 0 Å². The number of likely N-dealkylation sites (tertiary alicyclic amines) is 1. The number of rotatable bonds is 7. The van der Waals surface area contributed by atoms with Crippen LogP contribution in [-0.2, 0) is 11.4 Å². The van der Waals surface area contributed by atoms with Gasteiger partial charge in [0, 0.05) is 30.1 Å². The number of nitrogens with one attached hydrogen (secondary N) is 2. The Bertz CT molecular complexity index is 770. The van der Waals surface area contributed by atoms with Crippen LogP contribution in [0.1, 0.15) is 46.7 Å². The van der Waals surface area contributed by atoms with E-state index in [1.54, 1.807) is 0 Å². The molecule has 4 rings (SSSR count). The third-order valence-corrected chi connectivity index (χ3v) is 5.87. The number of hydroxylamine groups is 1. The third-order valence-electron chi connectivity index (χ3n) is 5.87. The van der Waals surface area contributed by atoms with Crippen molar-refractivity contribution in [1.82, 2.24) is 15.7 Å². The zero-order chi connectivity index (χ0) is 19.3. The predicted octanol–water partition coefficient (Wildman–Crippen LogP) is 3.09. The van der Waals surface area contributed by atoms with E-state index in [-0.39, 0.29) is 5.91 Å². The van der Waals surface area contributed by atoms with E-state index in [9.17, 15) is 4.79 Å². The lowest BCUT2D eigenvalue weighted by Gasteiger charge is -2.32. The predicted molar refractivity (Wildman–Crippen MR) is 110 cm³/mol. The second-order valence-corrected chi connectivity index (χ2v) is 7.91. The van der Waals surface area contributed by atoms with Gasteiger partial charge in [-0.2, -0.15) is 0 Å². The molecule has 0 spiro atoms. The zero-order valence-electron chi connectivity index (χ0n) is 16.4. The van der Waals surface area contributed by atoms with Gasteiger partial charge in [-0.05, 0) is 55.6 Å². The number of hydrogen-bond acceptors (Lipinski definition) is 4. The SMILES string of the molecule is CONC(=O)c1ccc(CN2CCC(NC3CC3c3ccccc3)CC2)cc1. The zero-order valence-corrected chi connectivity index (χ0v) is 16.4. The molecule has 2 aromatic carbocycles. The number of nitrogens with zero attached hydrogens (tertiary/aromatic N) is 1. The average molecular weight is 380 g/mol. The molecule has 5 nitrogen and oxygen atoms in total. The Morgan fingerprint density at radius 3 is 2.46 bits per heavy atom. The Morgan fingerprint density at radius 2 is 1.79 bits per heavy atom. The van der Waals surface area contributed by atoms with Crippen molar-refractivity contribution in [1.29, 1.82) is 0 Å². The summed E-state index contributed by atoms with van der Waals surface area (Å²) in [5, 5.41) is 3.87. The first-order valence-electron chi connectivity index (χ1n) is 10.2. The fourth-order valence-electron chi connectivity index (χ4n) is 4.18. The van der Waals surface area contributed by atoms with Crippen molar-refractivity contribution in [2.45, 2.75) is 43.8 Å². The maximum Gasteiger partial charge on any atom is 0.274 e. The molecule has 0 aromatic heterocycles. The largest absolute Gasteiger partial charge is 0.311 e. The second-order valence-electron chi connectivity index (χ2n) is 7.91. The Hall–Kier alpha value is -2.21. The van der Waals surface area contributed by atoms with Gasteiger partial charge in [0.05, 0.1) is 7.11 Å². The lowest BCUT2D eigenvalue weighted by Crippen LogP contribution is -2.43. The highest BCUT2D eigenvalue weighted by atomic mass is 16.6. The van der Waals surface area contributed by atoms with Crippen LogP contribution < -0.4 is 10.8 Å². The molecule has 2 atom stereocenters. The summed E-state index contributed by atoms with van der Waals surface area (Å²) in [6, 6.07) is 19.9. The fraction of sp³-hybridized carbons (Fsp3) is 0.435. The van der Waals surface area contributed by atoms with E-state index >= 15 is 0 Å². The summed E-state index contributed by atoms with van der Waals surface area (Å²) in [4.78, 5) is 18.9. The van der Waals surface area contributed by atoms with E-state index in [1.807, 2.05) is 24.3 Å². The van der Waals surface area contributed by atoms with Crippen molar-refractivity contribution in [3.63, 3.8) is 0 Å². The Kier molecular flexibility index (Phi) is 6.05. The van der Waals surface area contributed by atoms with Crippen LogP contribution in [-0.4, -0.2) is 43.1 Å². The van der Waals surface area contributed by atoms with Crippen molar-refractivity contribution in [2.24, 2.45) is 0 Å². The first-order valence-corrected chi connectivity index (χ1v) is 10.2. The number of piperidine rings is 1. The fourth-order valence-corrected chi connectivity index (χ4v) is 4.18. The standard InChI is InChI=1S/C23H29N3O2/c1-28-25-23(27)19-9-7-17(8-10-19)16-26-13-11-20(12-14-26)24-22-15-21(22)18-5-3-2-4-6-18/h2-10,20-22,24H,11-16H2,1H3,(H,25,27). The molecule has 2 unspecified atom stereocenters. The number of hydrogen-bond donors (Lipinski definition) is 2. The van der Waals surface area contributed by atoms with Crippen LogP contribution in [0.3, 0.4) is 0 Å². The van der Waals surface area contributed by atoms with Crippen molar-refractivity contribution in [3.8, 4) is 0 Å². The maximum absolute atomic E-state index is 11.7. The van der Waals surface area contributed by atoms with Crippen molar-refractivity contribution < 1.29 is 9.63 Å². The normalized spacial score (nSPS) is 22.8. The van der Waals surface area contributed by atoms with Gasteiger partial charge in [0.25, 0.3) is 5.91 Å². The van der Waals surface area contributed by atoms with Crippen LogP contribution >= 0.6 is 0 Å². The van der Waals surface area contributed by atoms with Gasteiger partial charge in [0.2, 0.25) is 0 Å². The molecule has 2 N–H and O–H groups in total. The quantitative estimate of drug-likeness (QED) is 0.726. The summed E-state index contributed by atoms with van der Waals surface area (Å²) in [5.74, 6) is 0.489. The molecule has 1 heterocycles. The van der Waals surface area contributed by atoms with Crippen molar-refractivity contribution >= 4 is 5.91 Å². The Balaban J connectivity index is 1.20. The maximum atomic E-state index is 11.7. The molecule has 28 heavy (non-hydrogen) atoms. The topological polar surface area (TPSA) is 53.6 Å². The number of benzene rings is 2. The highest BCUT2D eigenvalue weighted by Crippen LogP contribution is 2.41. The van der Waals surface area contributed by atoms with Crippen molar-refractivity contribution in [2.75, 3.05) is 20.2 Å². The smallest absolute Gasteiger partial charge is 0.274 e. The molecular weight excluding hydrogens is 350 g/mol. The van der Waals surface area contributed by atoms with Crippen LogP contribution in [0.5, 0.6) is 0 Å². The van der Waals surface area contributed by atoms with Gasteiger partial charge >= 0.3 is 0 Å². The molecule has 1 aliphatic heterocycles. The van der Waals surface area contributed by atoms with E-state index in [0.717, 1.165) is 19.6 Å². The van der Waals surface area contributed by atoms with Gasteiger partial charge in [0.1, 0.15) is 0 Å². The number of amides is 1. The molecule has 2 fully saturated rings. The molecule has 1 saturated carbocycles. The summed E-state index contributed by atoms with van der Waals surface area (Å²) in [5.41, 5.74) is 5.68. The molecule has 1 saturated heterocycles. The third kappa shape index (κ3) is 4.79. The van der Waals surface area contributed by atoms with Crippen LogP contribution in [0.15, 0.2) is 54.6 Å². The average Bonchev–Trinajstić information content (AvgIpc) is 3.50. The monoisotopic (exact) mass is 379 g/mol. The van der Waals surface area contributed by atoms with Gasteiger partial charge < -0.3 is 5.32 Å². The van der Waals surface area contributed by atoms with E-state index in [2.05, 4.69) is 50.9 Å². The lowest BCUT2D eigenvalue weighted by molar-refractivity contribution is 0.0537. The number of carbonyl (C=O) groups is 1. The summed E-state index contributed by atoms with van der Waals surface area (Å²) < 4.78 is 0. The van der Waals surface area contributed by atoms with Crippen molar-refractivity contribution in [3.05, 3.63) is 71.3 Å². The molecule has 148 valence electrons. The first kappa shape index (κ1) is 19.1. The summed E-state index contributed by atoms with van der Waals surface area (Å²) >= 11 is 0. The minimum absolute atomic E-state index is 0.213. The van der Waals surface area contributed by atoms with Gasteiger partial charge in [-0.3, -0.25) is 14.5 Å². The van der Waals surface area contributed by atoms with Gasteiger partial charge in [-0.15, -0.1) is 0 Å². The van der Waals surface area contributed by atoms with E-state index < -0.39 is 0 Å². The molecule has 5 heteroatoms. The first-order chi connectivity index (χ1) is 13.7. The molecule has 1 aliphatic carbocycles. The Labute approximate surface area is 167 Å². The molecule has 2 aromatic rings. The minimum atomic E-state index is -0.213. The summed E-state index contributed by atoms with van der Waals surface area (Å²) in [6.45, 7) is 3.17. The lowest BCUT2D eigenvalue weighted by atomic mass is 10.0. The molecule has 1 amide bonds. The van der Waals surface area contributed by atoms with Crippen LogP contribution in [0.4, 0.5) is 0 Å². The van der Waals surface area contributed by atoms with E-state index in [1.165, 1.54) is 37.5 Å². The summed E-state index contributed by atoms with van der Waals surface area (Å²) in [6.07, 6.45) is 3.67. The van der Waals surface area contributed by atoms with Gasteiger partial charge in [-0.25, -0.2) is 5.48 Å². The highest BCUT2D eigenvalue weighted by molar-refractivity contribution is 5.93. The summed E-state index contributed by atoms with van der Waals surface area (Å²) in [7, 11) is 1.44. The van der Waals surface area contributed by atoms with E-state index in [0.29, 0.717) is 23.6 Å². The highest BCUT2D eigenvalue weighted by Gasteiger charge is 2.39. The van der Waals surface area contributed by atoms with Gasteiger partial charge in [0.15, 0.2) is 0 Å². The molecular formula is C23H29N3O2. The molecule has 0 radical (unpaired) electrons. The molecule has 0 bridgehead atoms. The Morgan fingerprint density at radius 1 is 1.07 bits per heavy atom. The minimum Gasteiger partial charge on any atom is -0.311 e.